The summed E-state index contributed by atoms with van der Waals surface area (Å²) in [5, 5.41) is 5.15. The molecule has 1 aromatic rings. The molecule has 21 heavy (non-hydrogen) atoms. The van der Waals surface area contributed by atoms with Crippen LogP contribution in [0.25, 0.3) is 0 Å². The van der Waals surface area contributed by atoms with Gasteiger partial charge in [-0.1, -0.05) is 6.92 Å². The second-order valence-electron chi connectivity index (χ2n) is 5.66. The van der Waals surface area contributed by atoms with Gasteiger partial charge in [0.05, 0.1) is 17.1 Å². The zero-order valence-electron chi connectivity index (χ0n) is 12.2. The number of nitrogens with zero attached hydrogens (tertiary/aromatic N) is 1. The Morgan fingerprint density at radius 3 is 2.76 bits per heavy atom. The SMILES string of the molecule is CCCNCc1sccc1S(=O)(=O)N1CC2CCC(C1)O2. The molecule has 2 aliphatic heterocycles. The van der Waals surface area contributed by atoms with Gasteiger partial charge in [0.15, 0.2) is 0 Å². The lowest BCUT2D eigenvalue weighted by molar-refractivity contribution is -0.0114. The molecule has 0 radical (unpaired) electrons. The van der Waals surface area contributed by atoms with Crippen LogP contribution in [0.1, 0.15) is 31.1 Å². The Morgan fingerprint density at radius 1 is 1.38 bits per heavy atom. The minimum Gasteiger partial charge on any atom is -0.372 e. The Hall–Kier alpha value is -0.470. The van der Waals surface area contributed by atoms with E-state index < -0.39 is 10.0 Å². The number of hydrogen-bond donors (Lipinski definition) is 1. The minimum atomic E-state index is -3.39. The van der Waals surface area contributed by atoms with Crippen LogP contribution >= 0.6 is 11.3 Å². The number of morpholine rings is 1. The van der Waals surface area contributed by atoms with Crippen molar-refractivity contribution >= 4 is 21.4 Å². The van der Waals surface area contributed by atoms with Gasteiger partial charge in [-0.15, -0.1) is 11.3 Å². The average Bonchev–Trinajstić information content (AvgIpc) is 3.06. The Kier molecular flexibility index (Phi) is 4.66. The number of hydrogen-bond acceptors (Lipinski definition) is 5. The predicted molar refractivity (Wildman–Crippen MR) is 83.0 cm³/mol. The fourth-order valence-electron chi connectivity index (χ4n) is 2.98. The summed E-state index contributed by atoms with van der Waals surface area (Å²) in [6, 6.07) is 1.74. The second-order valence-corrected chi connectivity index (χ2v) is 8.57. The maximum Gasteiger partial charge on any atom is 0.244 e. The van der Waals surface area contributed by atoms with E-state index >= 15 is 0 Å². The molecule has 5 nitrogen and oxygen atoms in total. The van der Waals surface area contributed by atoms with Crippen molar-refractivity contribution in [3.63, 3.8) is 0 Å². The topological polar surface area (TPSA) is 58.6 Å². The summed E-state index contributed by atoms with van der Waals surface area (Å²) in [5.41, 5.74) is 0. The molecule has 118 valence electrons. The number of fused-ring (bicyclic) bond motifs is 2. The number of thiophene rings is 1. The van der Waals surface area contributed by atoms with Crippen LogP contribution in [0.4, 0.5) is 0 Å². The summed E-state index contributed by atoms with van der Waals surface area (Å²) in [6.45, 7) is 4.62. The monoisotopic (exact) mass is 330 g/mol. The van der Waals surface area contributed by atoms with Crippen LogP contribution in [-0.2, 0) is 21.3 Å². The molecule has 7 heteroatoms. The van der Waals surface area contributed by atoms with E-state index in [-0.39, 0.29) is 12.2 Å². The van der Waals surface area contributed by atoms with Crippen molar-refractivity contribution in [3.05, 3.63) is 16.3 Å². The van der Waals surface area contributed by atoms with Gasteiger partial charge in [-0.25, -0.2) is 8.42 Å². The van der Waals surface area contributed by atoms with E-state index in [1.54, 1.807) is 10.4 Å². The van der Waals surface area contributed by atoms with Crippen molar-refractivity contribution in [2.45, 2.75) is 49.8 Å². The van der Waals surface area contributed by atoms with Crippen molar-refractivity contribution < 1.29 is 13.2 Å². The smallest absolute Gasteiger partial charge is 0.244 e. The fourth-order valence-corrected chi connectivity index (χ4v) is 5.87. The van der Waals surface area contributed by atoms with Crippen molar-refractivity contribution in [3.8, 4) is 0 Å². The van der Waals surface area contributed by atoms with Crippen molar-refractivity contribution in [2.75, 3.05) is 19.6 Å². The molecular formula is C14H22N2O3S2. The van der Waals surface area contributed by atoms with E-state index in [0.29, 0.717) is 24.5 Å². The lowest BCUT2D eigenvalue weighted by Crippen LogP contribution is -2.45. The Morgan fingerprint density at radius 2 is 2.10 bits per heavy atom. The van der Waals surface area contributed by atoms with E-state index in [2.05, 4.69) is 12.2 Å². The highest BCUT2D eigenvalue weighted by molar-refractivity contribution is 7.89. The van der Waals surface area contributed by atoms with Gasteiger partial charge in [-0.3, -0.25) is 0 Å². The number of nitrogens with one attached hydrogen (secondary N) is 1. The maximum absolute atomic E-state index is 12.9. The van der Waals surface area contributed by atoms with Gasteiger partial charge >= 0.3 is 0 Å². The van der Waals surface area contributed by atoms with E-state index in [9.17, 15) is 8.42 Å². The standard InChI is InChI=1S/C14H22N2O3S2/c1-2-6-15-8-13-14(5-7-20-13)21(17,18)16-9-11-3-4-12(10-16)19-11/h5,7,11-12,15H,2-4,6,8-10H2,1H3. The molecule has 2 bridgehead atoms. The summed E-state index contributed by atoms with van der Waals surface area (Å²) in [6.07, 6.45) is 3.16. The van der Waals surface area contributed by atoms with E-state index in [0.717, 1.165) is 30.7 Å². The van der Waals surface area contributed by atoms with Crippen LogP contribution < -0.4 is 5.32 Å². The Balaban J connectivity index is 1.77. The molecular weight excluding hydrogens is 308 g/mol. The first-order valence-electron chi connectivity index (χ1n) is 7.54. The van der Waals surface area contributed by atoms with Gasteiger partial charge < -0.3 is 10.1 Å². The third kappa shape index (κ3) is 3.17. The van der Waals surface area contributed by atoms with Gasteiger partial charge in [0.25, 0.3) is 0 Å². The van der Waals surface area contributed by atoms with Crippen LogP contribution in [-0.4, -0.2) is 44.6 Å². The highest BCUT2D eigenvalue weighted by atomic mass is 32.2. The van der Waals surface area contributed by atoms with Crippen LogP contribution in [0.5, 0.6) is 0 Å². The largest absolute Gasteiger partial charge is 0.372 e. The summed E-state index contributed by atoms with van der Waals surface area (Å²) in [7, 11) is -3.39. The van der Waals surface area contributed by atoms with Crippen molar-refractivity contribution in [1.82, 2.24) is 9.62 Å². The average molecular weight is 330 g/mol. The molecule has 1 aromatic heterocycles. The number of sulfonamides is 1. The van der Waals surface area contributed by atoms with Crippen LogP contribution in [0.2, 0.25) is 0 Å². The van der Waals surface area contributed by atoms with Crippen molar-refractivity contribution in [1.29, 1.82) is 0 Å². The Labute approximate surface area is 130 Å². The zero-order chi connectivity index (χ0) is 14.9. The number of rotatable bonds is 6. The van der Waals surface area contributed by atoms with E-state index in [1.165, 1.54) is 11.3 Å². The van der Waals surface area contributed by atoms with Gasteiger partial charge in [-0.2, -0.15) is 4.31 Å². The Bertz CT molecular complexity index is 573. The zero-order valence-corrected chi connectivity index (χ0v) is 13.9. The van der Waals surface area contributed by atoms with E-state index in [1.807, 2.05) is 5.38 Å². The summed E-state index contributed by atoms with van der Waals surface area (Å²) < 4.78 is 33.1. The lowest BCUT2D eigenvalue weighted by atomic mass is 10.2. The summed E-state index contributed by atoms with van der Waals surface area (Å²) in [4.78, 5) is 1.37. The molecule has 2 atom stereocenters. The van der Waals surface area contributed by atoms with Gasteiger partial charge in [0.1, 0.15) is 0 Å². The first-order valence-corrected chi connectivity index (χ1v) is 9.86. The quantitative estimate of drug-likeness (QED) is 0.808. The normalized spacial score (nSPS) is 26.3. The van der Waals surface area contributed by atoms with Crippen LogP contribution in [0.15, 0.2) is 16.3 Å². The fraction of sp³-hybridized carbons (Fsp3) is 0.714. The summed E-state index contributed by atoms with van der Waals surface area (Å²) >= 11 is 1.51. The van der Waals surface area contributed by atoms with Gasteiger partial charge in [-0.05, 0) is 37.3 Å². The first-order chi connectivity index (χ1) is 10.1. The minimum absolute atomic E-state index is 0.0822. The highest BCUT2D eigenvalue weighted by Crippen LogP contribution is 2.32. The molecule has 2 aliphatic rings. The molecule has 0 spiro atoms. The third-order valence-corrected chi connectivity index (χ3v) is 7.01. The van der Waals surface area contributed by atoms with Crippen LogP contribution in [0.3, 0.4) is 0 Å². The highest BCUT2D eigenvalue weighted by Gasteiger charge is 2.40. The first kappa shape index (κ1) is 15.4. The molecule has 1 N–H and O–H groups in total. The third-order valence-electron chi connectivity index (χ3n) is 4.04. The maximum atomic E-state index is 12.9. The van der Waals surface area contributed by atoms with Crippen LogP contribution in [0, 0.1) is 0 Å². The van der Waals surface area contributed by atoms with Gasteiger partial charge in [0, 0.05) is 24.5 Å². The molecule has 3 rings (SSSR count). The molecule has 2 saturated heterocycles. The van der Waals surface area contributed by atoms with E-state index in [4.69, 9.17) is 4.74 Å². The lowest BCUT2D eigenvalue weighted by Gasteiger charge is -2.31. The second kappa shape index (κ2) is 6.34. The molecule has 0 amide bonds. The molecule has 0 aliphatic carbocycles. The molecule has 0 aromatic carbocycles. The summed E-state index contributed by atoms with van der Waals surface area (Å²) in [5.74, 6) is 0. The molecule has 2 unspecified atom stereocenters. The molecule has 3 heterocycles. The van der Waals surface area contributed by atoms with Gasteiger partial charge in [0.2, 0.25) is 10.0 Å². The molecule has 2 fully saturated rings. The van der Waals surface area contributed by atoms with Crippen molar-refractivity contribution in [2.24, 2.45) is 0 Å². The number of ether oxygens (including phenoxy) is 1. The molecule has 0 saturated carbocycles. The predicted octanol–water partition coefficient (Wildman–Crippen LogP) is 1.80.